The maximum absolute atomic E-state index is 5.88. The lowest BCUT2D eigenvalue weighted by molar-refractivity contribution is 0.447. The minimum absolute atomic E-state index is 0.0915. The van der Waals surface area contributed by atoms with E-state index in [9.17, 15) is 0 Å². The molecule has 4 N–H and O–H groups in total. The lowest BCUT2D eigenvalue weighted by Gasteiger charge is -2.14. The molecule has 0 aliphatic carbocycles. The van der Waals surface area contributed by atoms with Gasteiger partial charge in [0, 0.05) is 11.8 Å². The lowest BCUT2D eigenvalue weighted by Crippen LogP contribution is -2.03. The molecule has 0 aliphatic rings. The van der Waals surface area contributed by atoms with Crippen molar-refractivity contribution in [1.82, 2.24) is 20.1 Å². The van der Waals surface area contributed by atoms with E-state index in [0.717, 1.165) is 5.56 Å². The summed E-state index contributed by atoms with van der Waals surface area (Å²) < 4.78 is 10.9. The molecule has 8 heteroatoms. The zero-order valence-corrected chi connectivity index (χ0v) is 11.6. The molecule has 0 atom stereocenters. The molecule has 108 valence electrons. The summed E-state index contributed by atoms with van der Waals surface area (Å²) in [6, 6.07) is 0. The Morgan fingerprint density at radius 3 is 2.67 bits per heavy atom. The Hall–Kier alpha value is -2.90. The maximum atomic E-state index is 5.88. The third-order valence-electron chi connectivity index (χ3n) is 3.01. The van der Waals surface area contributed by atoms with Gasteiger partial charge in [-0.15, -0.1) is 0 Å². The van der Waals surface area contributed by atoms with Crippen molar-refractivity contribution in [3.05, 3.63) is 24.2 Å². The Balaban J connectivity index is 2.14. The number of nitrogen functional groups attached to an aromatic ring is 2. The van der Waals surface area contributed by atoms with Gasteiger partial charge in [0.25, 0.3) is 5.71 Å². The molecule has 3 aromatic rings. The number of anilines is 2. The quantitative estimate of drug-likeness (QED) is 0.749. The molecule has 0 fully saturated rings. The van der Waals surface area contributed by atoms with Crippen LogP contribution in [0.1, 0.15) is 25.3 Å². The summed E-state index contributed by atoms with van der Waals surface area (Å²) in [5.74, 6) is 1.35. The van der Waals surface area contributed by atoms with E-state index >= 15 is 0 Å². The van der Waals surface area contributed by atoms with Crippen LogP contribution in [-0.4, -0.2) is 20.1 Å². The maximum Gasteiger partial charge on any atom is 0.261 e. The summed E-state index contributed by atoms with van der Waals surface area (Å²) in [6.45, 7) is 4.07. The number of nitrogens with two attached hydrogens (primary N) is 2. The van der Waals surface area contributed by atoms with E-state index in [1.807, 2.05) is 13.8 Å². The SMILES string of the molecule is CC(C)c1cnc2oncc2c1Oc1cnc(N)nc1N. The predicted molar refractivity (Wildman–Crippen MR) is 76.8 cm³/mol. The van der Waals surface area contributed by atoms with Gasteiger partial charge < -0.3 is 20.7 Å². The van der Waals surface area contributed by atoms with E-state index in [1.54, 1.807) is 12.4 Å². The van der Waals surface area contributed by atoms with Gasteiger partial charge in [0.15, 0.2) is 11.6 Å². The Morgan fingerprint density at radius 1 is 1.14 bits per heavy atom. The van der Waals surface area contributed by atoms with Crippen molar-refractivity contribution in [3.8, 4) is 11.5 Å². The molecule has 0 saturated heterocycles. The minimum Gasteiger partial charge on any atom is -0.451 e. The molecule has 3 rings (SSSR count). The van der Waals surface area contributed by atoms with Crippen LogP contribution in [0.3, 0.4) is 0 Å². The molecule has 0 aromatic carbocycles. The second kappa shape index (κ2) is 4.89. The van der Waals surface area contributed by atoms with Crippen molar-refractivity contribution in [2.45, 2.75) is 19.8 Å². The van der Waals surface area contributed by atoms with Crippen molar-refractivity contribution in [3.63, 3.8) is 0 Å². The van der Waals surface area contributed by atoms with E-state index in [0.29, 0.717) is 22.6 Å². The number of aromatic nitrogens is 4. The zero-order chi connectivity index (χ0) is 15.0. The minimum atomic E-state index is 0.0915. The Kier molecular flexibility index (Phi) is 3.05. The van der Waals surface area contributed by atoms with Gasteiger partial charge in [-0.2, -0.15) is 4.98 Å². The molecular formula is C13H14N6O2. The molecule has 3 aromatic heterocycles. The van der Waals surface area contributed by atoms with Gasteiger partial charge in [-0.1, -0.05) is 19.0 Å². The van der Waals surface area contributed by atoms with Crippen LogP contribution in [0.4, 0.5) is 11.8 Å². The van der Waals surface area contributed by atoms with Crippen molar-refractivity contribution < 1.29 is 9.26 Å². The summed E-state index contributed by atoms with van der Waals surface area (Å²) in [5.41, 5.74) is 12.6. The number of ether oxygens (including phenoxy) is 1. The van der Waals surface area contributed by atoms with Crippen LogP contribution in [0.15, 0.2) is 23.1 Å². The fourth-order valence-corrected chi connectivity index (χ4v) is 1.94. The number of pyridine rings is 1. The van der Waals surface area contributed by atoms with E-state index in [2.05, 4.69) is 20.1 Å². The topological polar surface area (TPSA) is 126 Å². The molecule has 8 nitrogen and oxygen atoms in total. The van der Waals surface area contributed by atoms with Crippen LogP contribution in [0.5, 0.6) is 11.5 Å². The van der Waals surface area contributed by atoms with Crippen molar-refractivity contribution in [1.29, 1.82) is 0 Å². The van der Waals surface area contributed by atoms with Crippen molar-refractivity contribution in [2.75, 3.05) is 11.5 Å². The second-order valence-electron chi connectivity index (χ2n) is 4.82. The molecule has 0 aliphatic heterocycles. The first-order chi connectivity index (χ1) is 10.1. The third-order valence-corrected chi connectivity index (χ3v) is 3.01. The summed E-state index contributed by atoms with van der Waals surface area (Å²) in [4.78, 5) is 12.0. The normalized spacial score (nSPS) is 11.2. The predicted octanol–water partition coefficient (Wildman–Crippen LogP) is 2.09. The van der Waals surface area contributed by atoms with E-state index in [4.69, 9.17) is 20.7 Å². The first-order valence-electron chi connectivity index (χ1n) is 6.35. The Labute approximate surface area is 120 Å². The summed E-state index contributed by atoms with van der Waals surface area (Å²) in [7, 11) is 0. The average molecular weight is 286 g/mol. The highest BCUT2D eigenvalue weighted by molar-refractivity contribution is 5.82. The highest BCUT2D eigenvalue weighted by Crippen LogP contribution is 2.37. The fraction of sp³-hybridized carbons (Fsp3) is 0.231. The molecule has 0 saturated carbocycles. The number of hydrogen-bond donors (Lipinski definition) is 2. The van der Waals surface area contributed by atoms with Crippen LogP contribution in [0.2, 0.25) is 0 Å². The van der Waals surface area contributed by atoms with Crippen LogP contribution in [0, 0.1) is 0 Å². The van der Waals surface area contributed by atoms with Gasteiger partial charge in [-0.05, 0) is 5.92 Å². The molecule has 0 radical (unpaired) electrons. The smallest absolute Gasteiger partial charge is 0.261 e. The molecule has 0 amide bonds. The molecular weight excluding hydrogens is 272 g/mol. The fourth-order valence-electron chi connectivity index (χ4n) is 1.94. The van der Waals surface area contributed by atoms with Gasteiger partial charge in [0.2, 0.25) is 5.95 Å². The second-order valence-corrected chi connectivity index (χ2v) is 4.82. The van der Waals surface area contributed by atoms with E-state index < -0.39 is 0 Å². The van der Waals surface area contributed by atoms with Gasteiger partial charge >= 0.3 is 0 Å². The molecule has 0 unspecified atom stereocenters. The van der Waals surface area contributed by atoms with Gasteiger partial charge in [-0.25, -0.2) is 9.97 Å². The standard InChI is InChI=1S/C13H14N6O2/c1-6(2)7-3-16-12-8(4-18-21-12)10(7)20-9-5-17-13(15)19-11(9)14/h3-6H,1-2H3,(H4,14,15,17,19). The first kappa shape index (κ1) is 13.1. The molecule has 0 spiro atoms. The number of rotatable bonds is 3. The van der Waals surface area contributed by atoms with Crippen LogP contribution < -0.4 is 16.2 Å². The summed E-state index contributed by atoms with van der Waals surface area (Å²) in [5, 5.41) is 4.40. The third kappa shape index (κ3) is 2.31. The molecule has 0 bridgehead atoms. The van der Waals surface area contributed by atoms with Crippen LogP contribution >= 0.6 is 0 Å². The van der Waals surface area contributed by atoms with Gasteiger partial charge in [0.05, 0.1) is 12.4 Å². The van der Waals surface area contributed by atoms with E-state index in [1.165, 1.54) is 6.20 Å². The number of nitrogens with zero attached hydrogens (tertiary/aromatic N) is 4. The Morgan fingerprint density at radius 2 is 1.95 bits per heavy atom. The van der Waals surface area contributed by atoms with Crippen LogP contribution in [0.25, 0.3) is 11.1 Å². The molecule has 21 heavy (non-hydrogen) atoms. The number of fused-ring (bicyclic) bond motifs is 1. The largest absolute Gasteiger partial charge is 0.451 e. The van der Waals surface area contributed by atoms with Crippen molar-refractivity contribution in [2.24, 2.45) is 0 Å². The van der Waals surface area contributed by atoms with Crippen molar-refractivity contribution >= 4 is 22.9 Å². The number of hydrogen-bond acceptors (Lipinski definition) is 8. The highest BCUT2D eigenvalue weighted by atomic mass is 16.5. The lowest BCUT2D eigenvalue weighted by atomic mass is 10.0. The van der Waals surface area contributed by atoms with Crippen LogP contribution in [-0.2, 0) is 0 Å². The summed E-state index contributed by atoms with van der Waals surface area (Å²) >= 11 is 0. The van der Waals surface area contributed by atoms with Gasteiger partial charge in [-0.3, -0.25) is 0 Å². The Bertz CT molecular complexity index is 798. The average Bonchev–Trinajstić information content (AvgIpc) is 2.90. The zero-order valence-electron chi connectivity index (χ0n) is 11.6. The monoisotopic (exact) mass is 286 g/mol. The van der Waals surface area contributed by atoms with Gasteiger partial charge in [0.1, 0.15) is 11.1 Å². The van der Waals surface area contributed by atoms with E-state index in [-0.39, 0.29) is 17.7 Å². The molecule has 3 heterocycles. The first-order valence-corrected chi connectivity index (χ1v) is 6.35. The summed E-state index contributed by atoms with van der Waals surface area (Å²) in [6.07, 6.45) is 4.68. The highest BCUT2D eigenvalue weighted by Gasteiger charge is 2.18.